The highest BCUT2D eigenvalue weighted by Crippen LogP contribution is 2.07. The molecule has 0 saturated carbocycles. The number of rotatable bonds is 9. The minimum absolute atomic E-state index is 0.163. The highest BCUT2D eigenvalue weighted by Gasteiger charge is 2.17. The third kappa shape index (κ3) is 6.64. The van der Waals surface area contributed by atoms with E-state index in [1.165, 1.54) is 0 Å². The Kier molecular flexibility index (Phi) is 7.48. The summed E-state index contributed by atoms with van der Waals surface area (Å²) in [5.74, 6) is -1.01. The molecule has 0 radical (unpaired) electrons. The van der Waals surface area contributed by atoms with Crippen LogP contribution in [0.3, 0.4) is 0 Å². The summed E-state index contributed by atoms with van der Waals surface area (Å²) < 4.78 is 0. The molecule has 1 unspecified atom stereocenters. The zero-order valence-electron chi connectivity index (χ0n) is 12.9. The Balaban J connectivity index is 2.49. The molecule has 1 amide bonds. The number of nitrogens with one attached hydrogen (secondary N) is 2. The molecule has 0 spiro atoms. The third-order valence-electron chi connectivity index (χ3n) is 3.18. The van der Waals surface area contributed by atoms with Crippen LogP contribution in [0.15, 0.2) is 18.3 Å². The van der Waals surface area contributed by atoms with Crippen molar-refractivity contribution in [2.75, 3.05) is 0 Å². The first kappa shape index (κ1) is 18.1. The molecule has 22 heavy (non-hydrogen) atoms. The molecule has 1 aromatic heterocycles. The fourth-order valence-electron chi connectivity index (χ4n) is 1.99. The van der Waals surface area contributed by atoms with E-state index in [2.05, 4.69) is 10.3 Å². The number of hydroxylamine groups is 1. The van der Waals surface area contributed by atoms with E-state index in [9.17, 15) is 9.59 Å². The molecule has 0 aliphatic carbocycles. The number of pyridine rings is 1. The fraction of sp³-hybridized carbons (Fsp3) is 0.533. The zero-order valence-corrected chi connectivity index (χ0v) is 12.9. The number of hydrogen-bond acceptors (Lipinski definition) is 5. The van der Waals surface area contributed by atoms with Crippen molar-refractivity contribution in [1.82, 2.24) is 15.8 Å². The lowest BCUT2D eigenvalue weighted by Gasteiger charge is -2.16. The van der Waals surface area contributed by atoms with Gasteiger partial charge in [0, 0.05) is 24.9 Å². The van der Waals surface area contributed by atoms with Gasteiger partial charge in [0.25, 0.3) is 0 Å². The second kappa shape index (κ2) is 9.11. The first-order valence-corrected chi connectivity index (χ1v) is 7.25. The average Bonchev–Trinajstić information content (AvgIpc) is 2.49. The molecule has 0 bridgehead atoms. The van der Waals surface area contributed by atoms with Crippen LogP contribution in [-0.4, -0.2) is 33.2 Å². The van der Waals surface area contributed by atoms with E-state index in [1.54, 1.807) is 17.7 Å². The van der Waals surface area contributed by atoms with Gasteiger partial charge in [-0.2, -0.15) is 0 Å². The van der Waals surface area contributed by atoms with Crippen LogP contribution in [0.4, 0.5) is 0 Å². The summed E-state index contributed by atoms with van der Waals surface area (Å²) in [6.45, 7) is 4.39. The van der Waals surface area contributed by atoms with E-state index >= 15 is 0 Å². The standard InChI is InChI=1S/C15H23N3O4/c1-10(2)7-13(15(20)21)17-9-11-3-4-12(16-8-11)5-6-14(19)18-22/h3-4,8,10,13,17,22H,5-7,9H2,1-2H3,(H,18,19)(H,20,21). The fourth-order valence-corrected chi connectivity index (χ4v) is 1.99. The highest BCUT2D eigenvalue weighted by molar-refractivity contribution is 5.74. The summed E-state index contributed by atoms with van der Waals surface area (Å²) in [5, 5.41) is 20.6. The van der Waals surface area contributed by atoms with Crippen molar-refractivity contribution < 1.29 is 19.9 Å². The number of carbonyl (C=O) groups excluding carboxylic acids is 1. The number of aliphatic carboxylic acids is 1. The van der Waals surface area contributed by atoms with E-state index in [0.717, 1.165) is 11.3 Å². The summed E-state index contributed by atoms with van der Waals surface area (Å²) >= 11 is 0. The van der Waals surface area contributed by atoms with Crippen LogP contribution < -0.4 is 10.8 Å². The Morgan fingerprint density at radius 2 is 2.05 bits per heavy atom. The van der Waals surface area contributed by atoms with Crippen molar-refractivity contribution >= 4 is 11.9 Å². The summed E-state index contributed by atoms with van der Waals surface area (Å²) in [5.41, 5.74) is 3.19. The first-order chi connectivity index (χ1) is 10.4. The van der Waals surface area contributed by atoms with Crippen LogP contribution >= 0.6 is 0 Å². The van der Waals surface area contributed by atoms with Crippen molar-refractivity contribution in [2.45, 2.75) is 45.7 Å². The van der Waals surface area contributed by atoms with Crippen LogP contribution in [0, 0.1) is 5.92 Å². The molecule has 7 nitrogen and oxygen atoms in total. The third-order valence-corrected chi connectivity index (χ3v) is 3.18. The number of nitrogens with zero attached hydrogens (tertiary/aromatic N) is 1. The van der Waals surface area contributed by atoms with Gasteiger partial charge in [0.05, 0.1) is 0 Å². The van der Waals surface area contributed by atoms with Gasteiger partial charge in [0.15, 0.2) is 0 Å². The predicted molar refractivity (Wildman–Crippen MR) is 80.2 cm³/mol. The van der Waals surface area contributed by atoms with Crippen molar-refractivity contribution in [3.8, 4) is 0 Å². The Morgan fingerprint density at radius 1 is 1.32 bits per heavy atom. The lowest BCUT2D eigenvalue weighted by atomic mass is 10.0. The highest BCUT2D eigenvalue weighted by atomic mass is 16.5. The molecule has 4 N–H and O–H groups in total. The van der Waals surface area contributed by atoms with Crippen LogP contribution in [0.2, 0.25) is 0 Å². The van der Waals surface area contributed by atoms with E-state index in [1.807, 2.05) is 19.9 Å². The van der Waals surface area contributed by atoms with Crippen LogP contribution in [0.5, 0.6) is 0 Å². The van der Waals surface area contributed by atoms with Gasteiger partial charge in [-0.15, -0.1) is 0 Å². The molecule has 0 saturated heterocycles. The summed E-state index contributed by atoms with van der Waals surface area (Å²) in [6.07, 6.45) is 2.83. The summed E-state index contributed by atoms with van der Waals surface area (Å²) in [7, 11) is 0. The Labute approximate surface area is 129 Å². The monoisotopic (exact) mass is 309 g/mol. The maximum Gasteiger partial charge on any atom is 0.320 e. The molecule has 1 rings (SSSR count). The van der Waals surface area contributed by atoms with Crippen molar-refractivity contribution in [3.63, 3.8) is 0 Å². The van der Waals surface area contributed by atoms with E-state index in [4.69, 9.17) is 10.3 Å². The number of carboxylic acid groups (broad SMARTS) is 1. The number of aryl methyl sites for hydroxylation is 1. The van der Waals surface area contributed by atoms with Gasteiger partial charge >= 0.3 is 5.97 Å². The van der Waals surface area contributed by atoms with E-state index in [0.29, 0.717) is 25.3 Å². The van der Waals surface area contributed by atoms with Crippen LogP contribution in [0.25, 0.3) is 0 Å². The zero-order chi connectivity index (χ0) is 16.5. The van der Waals surface area contributed by atoms with Crippen LogP contribution in [0.1, 0.15) is 37.9 Å². The van der Waals surface area contributed by atoms with Crippen molar-refractivity contribution in [1.29, 1.82) is 0 Å². The van der Waals surface area contributed by atoms with E-state index < -0.39 is 17.9 Å². The van der Waals surface area contributed by atoms with Gasteiger partial charge < -0.3 is 10.4 Å². The molecule has 0 aliphatic rings. The number of hydrogen-bond donors (Lipinski definition) is 4. The van der Waals surface area contributed by atoms with Gasteiger partial charge in [0.2, 0.25) is 5.91 Å². The molecule has 0 aliphatic heterocycles. The molecule has 1 aromatic rings. The molecular weight excluding hydrogens is 286 g/mol. The number of amides is 1. The minimum atomic E-state index is -0.853. The minimum Gasteiger partial charge on any atom is -0.480 e. The quantitative estimate of drug-likeness (QED) is 0.401. The first-order valence-electron chi connectivity index (χ1n) is 7.25. The van der Waals surface area contributed by atoms with E-state index in [-0.39, 0.29) is 6.42 Å². The van der Waals surface area contributed by atoms with Gasteiger partial charge in [0.1, 0.15) is 6.04 Å². The molecule has 0 aromatic carbocycles. The summed E-state index contributed by atoms with van der Waals surface area (Å²) in [4.78, 5) is 26.3. The molecular formula is C15H23N3O4. The topological polar surface area (TPSA) is 112 Å². The number of carboxylic acids is 1. The molecule has 7 heteroatoms. The smallest absolute Gasteiger partial charge is 0.320 e. The lowest BCUT2D eigenvalue weighted by Crippen LogP contribution is -2.37. The molecule has 122 valence electrons. The number of aromatic nitrogens is 1. The predicted octanol–water partition coefficient (Wildman–Crippen LogP) is 1.11. The molecule has 1 atom stereocenters. The van der Waals surface area contributed by atoms with Crippen molar-refractivity contribution in [2.24, 2.45) is 5.92 Å². The number of carbonyl (C=O) groups is 2. The maximum absolute atomic E-state index is 11.2. The van der Waals surface area contributed by atoms with Gasteiger partial charge in [-0.3, -0.25) is 19.8 Å². The average molecular weight is 309 g/mol. The summed E-state index contributed by atoms with van der Waals surface area (Å²) in [6, 6.07) is 3.06. The second-order valence-corrected chi connectivity index (χ2v) is 5.59. The van der Waals surface area contributed by atoms with Gasteiger partial charge in [-0.25, -0.2) is 5.48 Å². The van der Waals surface area contributed by atoms with Crippen molar-refractivity contribution in [3.05, 3.63) is 29.6 Å². The Hall–Kier alpha value is -1.99. The van der Waals surface area contributed by atoms with Gasteiger partial charge in [-0.1, -0.05) is 19.9 Å². The normalized spacial score (nSPS) is 12.2. The maximum atomic E-state index is 11.2. The largest absolute Gasteiger partial charge is 0.480 e. The Morgan fingerprint density at radius 3 is 2.55 bits per heavy atom. The lowest BCUT2D eigenvalue weighted by molar-refractivity contribution is -0.140. The molecule has 1 heterocycles. The molecule has 0 fully saturated rings. The van der Waals surface area contributed by atoms with Gasteiger partial charge in [-0.05, 0) is 30.4 Å². The van der Waals surface area contributed by atoms with Crippen LogP contribution in [-0.2, 0) is 22.6 Å². The Bertz CT molecular complexity index is 488. The second-order valence-electron chi connectivity index (χ2n) is 5.59. The SMILES string of the molecule is CC(C)CC(NCc1ccc(CCC(=O)NO)nc1)C(=O)O.